The highest BCUT2D eigenvalue weighted by Crippen LogP contribution is 2.19. The molecule has 1 aromatic carbocycles. The van der Waals surface area contributed by atoms with Crippen molar-refractivity contribution in [2.24, 2.45) is 4.99 Å². The van der Waals surface area contributed by atoms with Crippen molar-refractivity contribution in [2.75, 3.05) is 13.1 Å². The second-order valence-electron chi connectivity index (χ2n) is 7.04. The number of hydrogen-bond acceptors (Lipinski definition) is 5. The summed E-state index contributed by atoms with van der Waals surface area (Å²) in [5.74, 6) is 2.29. The summed E-state index contributed by atoms with van der Waals surface area (Å²) >= 11 is 0. The van der Waals surface area contributed by atoms with Gasteiger partial charge in [0.2, 0.25) is 5.89 Å². The molecule has 0 aliphatic heterocycles. The first-order valence-corrected chi connectivity index (χ1v) is 10.0. The first-order chi connectivity index (χ1) is 14.1. The average molecular weight is 396 g/mol. The van der Waals surface area contributed by atoms with E-state index < -0.39 is 0 Å². The van der Waals surface area contributed by atoms with Gasteiger partial charge in [-0.2, -0.15) is 0 Å². The summed E-state index contributed by atoms with van der Waals surface area (Å²) in [6, 6.07) is 8.12. The molecule has 2 heterocycles. The van der Waals surface area contributed by atoms with Crippen molar-refractivity contribution in [1.29, 1.82) is 0 Å². The topological polar surface area (TPSA) is 88.5 Å². The lowest BCUT2D eigenvalue weighted by Crippen LogP contribution is -2.37. The molecule has 154 valence electrons. The van der Waals surface area contributed by atoms with Crippen molar-refractivity contribution in [2.45, 2.75) is 47.1 Å². The van der Waals surface area contributed by atoms with Crippen LogP contribution >= 0.6 is 0 Å². The monoisotopic (exact) mass is 395 g/mol. The van der Waals surface area contributed by atoms with E-state index in [1.54, 1.807) is 6.26 Å². The van der Waals surface area contributed by atoms with Crippen LogP contribution in [0.5, 0.6) is 0 Å². The lowest BCUT2D eigenvalue weighted by atomic mass is 10.1. The summed E-state index contributed by atoms with van der Waals surface area (Å²) in [4.78, 5) is 9.16. The predicted octanol–water partition coefficient (Wildman–Crippen LogP) is 3.94. The van der Waals surface area contributed by atoms with E-state index in [0.29, 0.717) is 12.4 Å². The Morgan fingerprint density at radius 3 is 2.59 bits per heavy atom. The van der Waals surface area contributed by atoms with Gasteiger partial charge in [0.25, 0.3) is 0 Å². The first-order valence-electron chi connectivity index (χ1n) is 10.0. The fourth-order valence-electron chi connectivity index (χ4n) is 3.04. The van der Waals surface area contributed by atoms with Crippen molar-refractivity contribution in [3.63, 3.8) is 0 Å². The molecule has 7 nitrogen and oxygen atoms in total. The summed E-state index contributed by atoms with van der Waals surface area (Å²) in [5, 5.41) is 10.6. The van der Waals surface area contributed by atoms with E-state index in [1.165, 1.54) is 11.1 Å². The van der Waals surface area contributed by atoms with Crippen LogP contribution in [0.3, 0.4) is 0 Å². The van der Waals surface area contributed by atoms with Crippen molar-refractivity contribution in [3.8, 4) is 11.5 Å². The summed E-state index contributed by atoms with van der Waals surface area (Å²) in [5.41, 5.74) is 5.14. The second kappa shape index (κ2) is 9.91. The predicted molar refractivity (Wildman–Crippen MR) is 114 cm³/mol. The number of aromatic nitrogens is 2. The van der Waals surface area contributed by atoms with E-state index >= 15 is 0 Å². The Morgan fingerprint density at radius 2 is 1.90 bits per heavy atom. The maximum Gasteiger partial charge on any atom is 0.226 e. The van der Waals surface area contributed by atoms with E-state index in [4.69, 9.17) is 8.94 Å². The standard InChI is InChI=1S/C22H29N5O2/c1-5-23-22(24-12-6-7-20-16(3)27-29-17(20)4)25-13-19-14-28-21(26-19)18-10-8-15(2)9-11-18/h8-11,14H,5-7,12-13H2,1-4H3,(H2,23,24,25). The van der Waals surface area contributed by atoms with Crippen LogP contribution in [-0.2, 0) is 13.0 Å². The number of rotatable bonds is 8. The lowest BCUT2D eigenvalue weighted by Gasteiger charge is -2.10. The molecule has 0 atom stereocenters. The molecule has 0 spiro atoms. The zero-order chi connectivity index (χ0) is 20.6. The highest BCUT2D eigenvalue weighted by Gasteiger charge is 2.09. The van der Waals surface area contributed by atoms with Gasteiger partial charge in [0, 0.05) is 24.2 Å². The number of hydrogen-bond donors (Lipinski definition) is 2. The minimum Gasteiger partial charge on any atom is -0.444 e. The van der Waals surface area contributed by atoms with Gasteiger partial charge in [0.05, 0.1) is 12.2 Å². The van der Waals surface area contributed by atoms with Crippen molar-refractivity contribution in [3.05, 3.63) is 58.8 Å². The van der Waals surface area contributed by atoms with Gasteiger partial charge in [0.15, 0.2) is 5.96 Å². The number of nitrogens with zero attached hydrogens (tertiary/aromatic N) is 3. The van der Waals surface area contributed by atoms with Gasteiger partial charge in [-0.1, -0.05) is 22.9 Å². The SMILES string of the molecule is CCNC(=NCc1coc(-c2ccc(C)cc2)n1)NCCCc1c(C)noc1C. The van der Waals surface area contributed by atoms with Crippen LogP contribution in [-0.4, -0.2) is 29.2 Å². The molecule has 0 fully saturated rings. The summed E-state index contributed by atoms with van der Waals surface area (Å²) in [6.45, 7) is 10.1. The lowest BCUT2D eigenvalue weighted by molar-refractivity contribution is 0.392. The number of nitrogens with one attached hydrogen (secondary N) is 2. The first kappa shape index (κ1) is 20.6. The summed E-state index contributed by atoms with van der Waals surface area (Å²) in [6.07, 6.45) is 3.56. The van der Waals surface area contributed by atoms with Crippen molar-refractivity contribution >= 4 is 5.96 Å². The van der Waals surface area contributed by atoms with Crippen LogP contribution in [0.2, 0.25) is 0 Å². The van der Waals surface area contributed by atoms with Gasteiger partial charge >= 0.3 is 0 Å². The molecule has 0 bridgehead atoms. The van der Waals surface area contributed by atoms with Crippen LogP contribution in [0.1, 0.15) is 41.6 Å². The van der Waals surface area contributed by atoms with Crippen LogP contribution in [0.15, 0.2) is 44.5 Å². The van der Waals surface area contributed by atoms with E-state index in [1.807, 2.05) is 45.0 Å². The molecule has 0 amide bonds. The number of benzene rings is 1. The van der Waals surface area contributed by atoms with Gasteiger partial charge < -0.3 is 19.6 Å². The molecule has 3 aromatic rings. The molecule has 0 unspecified atom stereocenters. The minimum absolute atomic E-state index is 0.453. The molecule has 3 rings (SSSR count). The molecular formula is C22H29N5O2. The fourth-order valence-corrected chi connectivity index (χ4v) is 3.04. The highest BCUT2D eigenvalue weighted by atomic mass is 16.5. The summed E-state index contributed by atoms with van der Waals surface area (Å²) in [7, 11) is 0. The maximum atomic E-state index is 5.61. The van der Waals surface area contributed by atoms with Gasteiger partial charge in [-0.25, -0.2) is 9.98 Å². The van der Waals surface area contributed by atoms with Gasteiger partial charge in [-0.15, -0.1) is 0 Å². The Balaban J connectivity index is 1.53. The molecule has 0 saturated carbocycles. The van der Waals surface area contributed by atoms with E-state index in [0.717, 1.165) is 54.6 Å². The van der Waals surface area contributed by atoms with Gasteiger partial charge in [-0.3, -0.25) is 0 Å². The maximum absolute atomic E-state index is 5.61. The molecule has 0 aliphatic carbocycles. The van der Waals surface area contributed by atoms with Crippen LogP contribution in [0, 0.1) is 20.8 Å². The van der Waals surface area contributed by atoms with Crippen LogP contribution < -0.4 is 10.6 Å². The third-order valence-electron chi connectivity index (χ3n) is 4.67. The molecule has 7 heteroatoms. The van der Waals surface area contributed by atoms with E-state index in [2.05, 4.69) is 32.7 Å². The zero-order valence-corrected chi connectivity index (χ0v) is 17.6. The van der Waals surface area contributed by atoms with Gasteiger partial charge in [0.1, 0.15) is 17.7 Å². The van der Waals surface area contributed by atoms with Gasteiger partial charge in [-0.05, 0) is 52.7 Å². The number of aryl methyl sites for hydroxylation is 3. The van der Waals surface area contributed by atoms with Crippen molar-refractivity contribution < 1.29 is 8.94 Å². The number of guanidine groups is 1. The molecule has 0 radical (unpaired) electrons. The zero-order valence-electron chi connectivity index (χ0n) is 17.6. The van der Waals surface area contributed by atoms with Crippen LogP contribution in [0.4, 0.5) is 0 Å². The second-order valence-corrected chi connectivity index (χ2v) is 7.04. The molecular weight excluding hydrogens is 366 g/mol. The minimum atomic E-state index is 0.453. The normalized spacial score (nSPS) is 11.7. The fraction of sp³-hybridized carbons (Fsp3) is 0.409. The highest BCUT2D eigenvalue weighted by molar-refractivity contribution is 5.79. The smallest absolute Gasteiger partial charge is 0.226 e. The molecule has 2 N–H and O–H groups in total. The Kier molecular flexibility index (Phi) is 7.05. The van der Waals surface area contributed by atoms with E-state index in [-0.39, 0.29) is 0 Å². The molecule has 2 aromatic heterocycles. The average Bonchev–Trinajstić information content (AvgIpc) is 3.31. The third kappa shape index (κ3) is 5.70. The molecule has 0 aliphatic rings. The number of aliphatic imine (C=N–C) groups is 1. The molecule has 29 heavy (non-hydrogen) atoms. The summed E-state index contributed by atoms with van der Waals surface area (Å²) < 4.78 is 10.8. The van der Waals surface area contributed by atoms with E-state index in [9.17, 15) is 0 Å². The third-order valence-corrected chi connectivity index (χ3v) is 4.67. The Bertz CT molecular complexity index is 921. The largest absolute Gasteiger partial charge is 0.444 e. The Hall–Kier alpha value is -3.09. The quantitative estimate of drug-likeness (QED) is 0.341. The molecule has 0 saturated heterocycles. The van der Waals surface area contributed by atoms with Crippen molar-refractivity contribution in [1.82, 2.24) is 20.8 Å². The number of oxazole rings is 1. The van der Waals surface area contributed by atoms with Crippen LogP contribution in [0.25, 0.3) is 11.5 Å². The Morgan fingerprint density at radius 1 is 1.10 bits per heavy atom. The Labute approximate surface area is 171 Å².